The van der Waals surface area contributed by atoms with Crippen molar-refractivity contribution in [2.75, 3.05) is 32.8 Å². The van der Waals surface area contributed by atoms with Gasteiger partial charge >= 0.3 is 6.18 Å². The second-order valence-corrected chi connectivity index (χ2v) is 9.28. The molecule has 3 heterocycles. The summed E-state index contributed by atoms with van der Waals surface area (Å²) in [7, 11) is 0. The van der Waals surface area contributed by atoms with Crippen LogP contribution in [-0.2, 0) is 22.1 Å². The number of carbonyl (C=O) groups is 1. The van der Waals surface area contributed by atoms with Crippen LogP contribution in [0.25, 0.3) is 10.2 Å². The van der Waals surface area contributed by atoms with E-state index in [0.29, 0.717) is 34.0 Å². The SMILES string of the molecule is O=C(CCc1nc2cc(C(F)(F)F)ccc2s1)NC1CCN(CC2CCOC2)CC1. The van der Waals surface area contributed by atoms with Gasteiger partial charge in [0, 0.05) is 45.1 Å². The predicted octanol–water partition coefficient (Wildman–Crippen LogP) is 3.86. The maximum absolute atomic E-state index is 12.8. The van der Waals surface area contributed by atoms with E-state index >= 15 is 0 Å². The zero-order chi connectivity index (χ0) is 21.1. The first kappa shape index (κ1) is 21.5. The molecule has 9 heteroatoms. The number of rotatable bonds is 6. The Morgan fingerprint density at radius 1 is 1.27 bits per heavy atom. The molecule has 2 saturated heterocycles. The highest BCUT2D eigenvalue weighted by Gasteiger charge is 2.31. The number of nitrogens with zero attached hydrogens (tertiary/aromatic N) is 2. The number of ether oxygens (including phenoxy) is 1. The molecule has 1 atom stereocenters. The van der Waals surface area contributed by atoms with Crippen LogP contribution in [0.3, 0.4) is 0 Å². The number of nitrogens with one attached hydrogen (secondary N) is 1. The first-order valence-corrected chi connectivity index (χ1v) is 11.2. The largest absolute Gasteiger partial charge is 0.416 e. The Balaban J connectivity index is 1.22. The highest BCUT2D eigenvalue weighted by molar-refractivity contribution is 7.18. The van der Waals surface area contributed by atoms with Crippen LogP contribution in [0.1, 0.15) is 36.3 Å². The molecule has 0 bridgehead atoms. The van der Waals surface area contributed by atoms with E-state index in [9.17, 15) is 18.0 Å². The molecule has 0 spiro atoms. The van der Waals surface area contributed by atoms with Crippen LogP contribution in [0.2, 0.25) is 0 Å². The number of thiazole rings is 1. The van der Waals surface area contributed by atoms with Gasteiger partial charge in [0.1, 0.15) is 0 Å². The van der Waals surface area contributed by atoms with Crippen molar-refractivity contribution in [1.29, 1.82) is 0 Å². The van der Waals surface area contributed by atoms with Crippen LogP contribution in [-0.4, -0.2) is 54.7 Å². The maximum atomic E-state index is 12.8. The second-order valence-electron chi connectivity index (χ2n) is 8.16. The second kappa shape index (κ2) is 9.20. The molecule has 2 aromatic rings. The van der Waals surface area contributed by atoms with E-state index in [-0.39, 0.29) is 11.9 Å². The Morgan fingerprint density at radius 3 is 2.77 bits per heavy atom. The summed E-state index contributed by atoms with van der Waals surface area (Å²) in [4.78, 5) is 19.1. The fraction of sp³-hybridized carbons (Fsp3) is 0.619. The van der Waals surface area contributed by atoms with Gasteiger partial charge in [-0.05, 0) is 43.4 Å². The molecule has 1 amide bonds. The number of alkyl halides is 3. The Kier molecular flexibility index (Phi) is 6.60. The number of hydrogen-bond donors (Lipinski definition) is 1. The lowest BCUT2D eigenvalue weighted by Gasteiger charge is -2.33. The first-order chi connectivity index (χ1) is 14.4. The molecule has 2 fully saturated rings. The molecule has 0 radical (unpaired) electrons. The van der Waals surface area contributed by atoms with E-state index in [1.807, 2.05) is 0 Å². The van der Waals surface area contributed by atoms with Crippen molar-refractivity contribution in [3.8, 4) is 0 Å². The molecule has 4 rings (SSSR count). The monoisotopic (exact) mass is 441 g/mol. The molecule has 5 nitrogen and oxygen atoms in total. The third-order valence-electron chi connectivity index (χ3n) is 5.82. The van der Waals surface area contributed by atoms with Gasteiger partial charge in [-0.25, -0.2) is 4.98 Å². The van der Waals surface area contributed by atoms with Gasteiger partial charge in [-0.15, -0.1) is 11.3 Å². The van der Waals surface area contributed by atoms with Gasteiger partial charge in [0.05, 0.1) is 27.4 Å². The highest BCUT2D eigenvalue weighted by Crippen LogP contribution is 2.33. The van der Waals surface area contributed by atoms with Crippen LogP contribution < -0.4 is 5.32 Å². The summed E-state index contributed by atoms with van der Waals surface area (Å²) in [6.07, 6.45) is -0.613. The Labute approximate surface area is 177 Å². The topological polar surface area (TPSA) is 54.5 Å². The van der Waals surface area contributed by atoms with Gasteiger partial charge in [-0.2, -0.15) is 13.2 Å². The lowest BCUT2D eigenvalue weighted by molar-refractivity contribution is -0.137. The molecular formula is C21H26F3N3O2S. The van der Waals surface area contributed by atoms with Crippen molar-refractivity contribution < 1.29 is 22.7 Å². The molecule has 2 aliphatic heterocycles. The molecule has 1 aromatic heterocycles. The maximum Gasteiger partial charge on any atom is 0.416 e. The molecule has 0 aliphatic carbocycles. The Hall–Kier alpha value is -1.71. The van der Waals surface area contributed by atoms with E-state index in [1.54, 1.807) is 0 Å². The average Bonchev–Trinajstić information content (AvgIpc) is 3.36. The molecule has 0 saturated carbocycles. The molecule has 164 valence electrons. The third-order valence-corrected chi connectivity index (χ3v) is 6.91. The minimum absolute atomic E-state index is 0.0205. The van der Waals surface area contributed by atoms with Crippen molar-refractivity contribution in [1.82, 2.24) is 15.2 Å². The highest BCUT2D eigenvalue weighted by atomic mass is 32.1. The fourth-order valence-corrected chi connectivity index (χ4v) is 5.08. The number of aryl methyl sites for hydroxylation is 1. The van der Waals surface area contributed by atoms with Gasteiger partial charge in [0.15, 0.2) is 0 Å². The zero-order valence-corrected chi connectivity index (χ0v) is 17.5. The van der Waals surface area contributed by atoms with Gasteiger partial charge < -0.3 is 15.0 Å². The molecule has 1 aromatic carbocycles. The summed E-state index contributed by atoms with van der Waals surface area (Å²) < 4.78 is 44.7. The molecule has 1 unspecified atom stereocenters. The van der Waals surface area contributed by atoms with Crippen molar-refractivity contribution in [3.63, 3.8) is 0 Å². The summed E-state index contributed by atoms with van der Waals surface area (Å²) >= 11 is 1.34. The number of likely N-dealkylation sites (tertiary alicyclic amines) is 1. The van der Waals surface area contributed by atoms with E-state index < -0.39 is 11.7 Å². The van der Waals surface area contributed by atoms with Crippen molar-refractivity contribution in [2.45, 2.75) is 44.3 Å². The molecule has 1 N–H and O–H groups in total. The molecular weight excluding hydrogens is 415 g/mol. The van der Waals surface area contributed by atoms with Crippen LogP contribution in [0.5, 0.6) is 0 Å². The molecule has 2 aliphatic rings. The third kappa shape index (κ3) is 5.50. The molecule has 30 heavy (non-hydrogen) atoms. The lowest BCUT2D eigenvalue weighted by atomic mass is 10.0. The standard InChI is InChI=1S/C21H26F3N3O2S/c22-21(23,24)15-1-2-18-17(11-15)26-20(30-18)4-3-19(28)25-16-5-8-27(9-6-16)12-14-7-10-29-13-14/h1-2,11,14,16H,3-10,12-13H2,(H,25,28). The van der Waals surface area contributed by atoms with Gasteiger partial charge in [0.25, 0.3) is 0 Å². The zero-order valence-electron chi connectivity index (χ0n) is 16.7. The summed E-state index contributed by atoms with van der Waals surface area (Å²) in [5.41, 5.74) is -0.360. The van der Waals surface area contributed by atoms with Crippen LogP contribution in [0.15, 0.2) is 18.2 Å². The summed E-state index contributed by atoms with van der Waals surface area (Å²) in [5, 5.41) is 3.79. The number of fused-ring (bicyclic) bond motifs is 1. The van der Waals surface area contributed by atoms with Crippen LogP contribution in [0, 0.1) is 5.92 Å². The minimum Gasteiger partial charge on any atom is -0.381 e. The number of hydrogen-bond acceptors (Lipinski definition) is 5. The quantitative estimate of drug-likeness (QED) is 0.740. The van der Waals surface area contributed by atoms with Crippen molar-refractivity contribution in [2.24, 2.45) is 5.92 Å². The van der Waals surface area contributed by atoms with Gasteiger partial charge in [-0.1, -0.05) is 0 Å². The average molecular weight is 442 g/mol. The number of aromatic nitrogens is 1. The Bertz CT molecular complexity index is 872. The summed E-state index contributed by atoms with van der Waals surface area (Å²) in [6, 6.07) is 3.78. The number of carbonyl (C=O) groups excluding carboxylic acids is 1. The summed E-state index contributed by atoms with van der Waals surface area (Å²) in [6.45, 7) is 4.78. The normalized spacial score (nSPS) is 21.4. The fourth-order valence-electron chi connectivity index (χ4n) is 4.13. The van der Waals surface area contributed by atoms with E-state index in [1.165, 1.54) is 17.4 Å². The first-order valence-electron chi connectivity index (χ1n) is 10.4. The number of amides is 1. The van der Waals surface area contributed by atoms with E-state index in [2.05, 4.69) is 15.2 Å². The van der Waals surface area contributed by atoms with E-state index in [4.69, 9.17) is 4.74 Å². The smallest absolute Gasteiger partial charge is 0.381 e. The number of benzene rings is 1. The lowest BCUT2D eigenvalue weighted by Crippen LogP contribution is -2.45. The van der Waals surface area contributed by atoms with Crippen LogP contribution >= 0.6 is 11.3 Å². The van der Waals surface area contributed by atoms with Crippen molar-refractivity contribution in [3.05, 3.63) is 28.8 Å². The minimum atomic E-state index is -4.38. The summed E-state index contributed by atoms with van der Waals surface area (Å²) in [5.74, 6) is 0.616. The van der Waals surface area contributed by atoms with E-state index in [0.717, 1.165) is 64.2 Å². The van der Waals surface area contributed by atoms with Gasteiger partial charge in [0.2, 0.25) is 5.91 Å². The Morgan fingerprint density at radius 2 is 2.07 bits per heavy atom. The van der Waals surface area contributed by atoms with Crippen LogP contribution in [0.4, 0.5) is 13.2 Å². The number of piperidine rings is 1. The van der Waals surface area contributed by atoms with Crippen molar-refractivity contribution >= 4 is 27.5 Å². The predicted molar refractivity (Wildman–Crippen MR) is 109 cm³/mol. The number of halogens is 3. The van der Waals surface area contributed by atoms with Gasteiger partial charge in [-0.3, -0.25) is 4.79 Å².